The Bertz CT molecular complexity index is 1000. The summed E-state index contributed by atoms with van der Waals surface area (Å²) in [5.74, 6) is 3.90. The number of fused-ring (bicyclic) bond motifs is 1. The molecule has 0 saturated heterocycles. The number of anilines is 1. The van der Waals surface area contributed by atoms with E-state index in [1.54, 1.807) is 28.4 Å². The molecule has 2 aromatic carbocycles. The fourth-order valence-electron chi connectivity index (χ4n) is 3.44. The van der Waals surface area contributed by atoms with Gasteiger partial charge in [0.15, 0.2) is 11.5 Å². The summed E-state index contributed by atoms with van der Waals surface area (Å²) < 4.78 is 21.8. The lowest BCUT2D eigenvalue weighted by atomic mass is 10.1. The first-order chi connectivity index (χ1) is 14.0. The molecule has 0 aliphatic rings. The van der Waals surface area contributed by atoms with Crippen molar-refractivity contribution in [3.63, 3.8) is 0 Å². The fraction of sp³-hybridized carbons (Fsp3) is 0.348. The van der Waals surface area contributed by atoms with Gasteiger partial charge in [0.25, 0.3) is 0 Å². The minimum Gasteiger partial charge on any atom is -0.496 e. The topological polar surface area (TPSA) is 53.1 Å². The van der Waals surface area contributed by atoms with Crippen LogP contribution in [0.1, 0.15) is 11.1 Å². The van der Waals surface area contributed by atoms with Crippen LogP contribution in [0.3, 0.4) is 0 Å². The monoisotopic (exact) mass is 396 g/mol. The van der Waals surface area contributed by atoms with Gasteiger partial charge in [0.1, 0.15) is 22.8 Å². The number of nitrogens with zero attached hydrogens (tertiary/aromatic N) is 2. The highest BCUT2D eigenvalue weighted by Gasteiger charge is 2.15. The largest absolute Gasteiger partial charge is 0.496 e. The van der Waals surface area contributed by atoms with Gasteiger partial charge >= 0.3 is 0 Å². The maximum atomic E-state index is 5.53. The zero-order chi connectivity index (χ0) is 21.0. The van der Waals surface area contributed by atoms with Gasteiger partial charge in [0.05, 0.1) is 28.4 Å². The lowest BCUT2D eigenvalue weighted by Crippen LogP contribution is -2.21. The van der Waals surface area contributed by atoms with E-state index in [0.717, 1.165) is 58.2 Å². The number of ether oxygens (including phenoxy) is 4. The average Bonchev–Trinajstić information content (AvgIpc) is 2.76. The summed E-state index contributed by atoms with van der Waals surface area (Å²) in [6.45, 7) is 2.87. The van der Waals surface area contributed by atoms with E-state index in [1.165, 1.54) is 5.56 Å². The lowest BCUT2D eigenvalue weighted by molar-refractivity contribution is 0.354. The molecule has 0 spiro atoms. The number of aryl methyl sites for hydroxylation is 1. The van der Waals surface area contributed by atoms with Crippen molar-refractivity contribution in [2.45, 2.75) is 13.3 Å². The van der Waals surface area contributed by atoms with Crippen LogP contribution in [0.25, 0.3) is 10.9 Å². The van der Waals surface area contributed by atoms with E-state index in [-0.39, 0.29) is 0 Å². The molecule has 0 aliphatic carbocycles. The first kappa shape index (κ1) is 20.6. The van der Waals surface area contributed by atoms with Crippen molar-refractivity contribution in [3.8, 4) is 23.0 Å². The number of pyridine rings is 1. The summed E-state index contributed by atoms with van der Waals surface area (Å²) in [6, 6.07) is 11.9. The smallest absolute Gasteiger partial charge is 0.160 e. The molecule has 1 heterocycles. The van der Waals surface area contributed by atoms with Crippen LogP contribution in [0.2, 0.25) is 0 Å². The first-order valence-electron chi connectivity index (χ1n) is 9.46. The first-order valence-corrected chi connectivity index (χ1v) is 9.46. The lowest BCUT2D eigenvalue weighted by Gasteiger charge is -2.21. The summed E-state index contributed by atoms with van der Waals surface area (Å²) in [4.78, 5) is 7.01. The Balaban J connectivity index is 1.87. The molecule has 3 rings (SSSR count). The Morgan fingerprint density at radius 1 is 0.793 bits per heavy atom. The molecule has 154 valence electrons. The Morgan fingerprint density at radius 2 is 1.41 bits per heavy atom. The summed E-state index contributed by atoms with van der Waals surface area (Å²) in [5.41, 5.74) is 3.07. The minimum absolute atomic E-state index is 0.734. The van der Waals surface area contributed by atoms with Crippen molar-refractivity contribution in [1.82, 2.24) is 4.98 Å². The van der Waals surface area contributed by atoms with Crippen LogP contribution in [-0.2, 0) is 6.42 Å². The van der Waals surface area contributed by atoms with E-state index < -0.39 is 0 Å². The van der Waals surface area contributed by atoms with Crippen molar-refractivity contribution in [1.29, 1.82) is 0 Å². The van der Waals surface area contributed by atoms with Crippen molar-refractivity contribution >= 4 is 16.7 Å². The van der Waals surface area contributed by atoms with E-state index in [1.807, 2.05) is 31.3 Å². The minimum atomic E-state index is 0.734. The standard InChI is InChI=1S/C23H28N2O4/c1-15-13-21(24-23-19(28-5)10-9-18(27-4)22(15)23)25(2)12-11-16-7-8-17(26-3)20(14-16)29-6/h7-10,13-14H,11-12H2,1-6H3. The normalized spacial score (nSPS) is 10.7. The number of methoxy groups -OCH3 is 4. The SMILES string of the molecule is COc1ccc(CCN(C)c2cc(C)c3c(OC)ccc(OC)c3n2)cc1OC. The van der Waals surface area contributed by atoms with E-state index in [4.69, 9.17) is 23.9 Å². The predicted octanol–water partition coefficient (Wildman–Crippen LogP) is 4.26. The van der Waals surface area contributed by atoms with Crippen molar-refractivity contribution in [2.24, 2.45) is 0 Å². The van der Waals surface area contributed by atoms with Crippen LogP contribution in [-0.4, -0.2) is 47.0 Å². The van der Waals surface area contributed by atoms with Crippen LogP contribution in [0.5, 0.6) is 23.0 Å². The molecule has 0 bridgehead atoms. The van der Waals surface area contributed by atoms with Gasteiger partial charge in [-0.2, -0.15) is 0 Å². The average molecular weight is 396 g/mol. The molecule has 0 atom stereocenters. The highest BCUT2D eigenvalue weighted by atomic mass is 16.5. The molecular formula is C23H28N2O4. The number of rotatable bonds is 8. The molecule has 29 heavy (non-hydrogen) atoms. The number of hydrogen-bond acceptors (Lipinski definition) is 6. The van der Waals surface area contributed by atoms with Gasteiger partial charge < -0.3 is 23.8 Å². The van der Waals surface area contributed by atoms with Crippen LogP contribution in [0.15, 0.2) is 36.4 Å². The van der Waals surface area contributed by atoms with Gasteiger partial charge in [-0.1, -0.05) is 6.07 Å². The molecule has 3 aromatic rings. The van der Waals surface area contributed by atoms with Gasteiger partial charge in [-0.25, -0.2) is 4.98 Å². The van der Waals surface area contributed by atoms with Crippen LogP contribution in [0.4, 0.5) is 5.82 Å². The second-order valence-electron chi connectivity index (χ2n) is 6.85. The summed E-state index contributed by atoms with van der Waals surface area (Å²) in [6.07, 6.45) is 0.852. The summed E-state index contributed by atoms with van der Waals surface area (Å²) >= 11 is 0. The van der Waals surface area contributed by atoms with E-state index in [0.29, 0.717) is 0 Å². The second-order valence-corrected chi connectivity index (χ2v) is 6.85. The van der Waals surface area contributed by atoms with Crippen molar-refractivity contribution in [2.75, 3.05) is 46.9 Å². The third kappa shape index (κ3) is 4.16. The van der Waals surface area contributed by atoms with Gasteiger partial charge in [-0.05, 0) is 54.8 Å². The van der Waals surface area contributed by atoms with Gasteiger partial charge in [0.2, 0.25) is 0 Å². The predicted molar refractivity (Wildman–Crippen MR) is 116 cm³/mol. The van der Waals surface area contributed by atoms with E-state index in [9.17, 15) is 0 Å². The molecule has 6 heteroatoms. The molecule has 0 fully saturated rings. The van der Waals surface area contributed by atoms with Crippen LogP contribution >= 0.6 is 0 Å². The summed E-state index contributed by atoms with van der Waals surface area (Å²) in [5, 5.41) is 0.976. The van der Waals surface area contributed by atoms with Gasteiger partial charge in [0, 0.05) is 19.0 Å². The number of aromatic nitrogens is 1. The molecule has 6 nitrogen and oxygen atoms in total. The van der Waals surface area contributed by atoms with Gasteiger partial charge in [-0.3, -0.25) is 0 Å². The van der Waals surface area contributed by atoms with E-state index in [2.05, 4.69) is 24.0 Å². The van der Waals surface area contributed by atoms with Crippen molar-refractivity contribution < 1.29 is 18.9 Å². The Morgan fingerprint density at radius 3 is 2.07 bits per heavy atom. The highest BCUT2D eigenvalue weighted by Crippen LogP contribution is 2.36. The number of benzene rings is 2. The molecule has 1 aromatic heterocycles. The van der Waals surface area contributed by atoms with Crippen molar-refractivity contribution in [3.05, 3.63) is 47.5 Å². The molecular weight excluding hydrogens is 368 g/mol. The highest BCUT2D eigenvalue weighted by molar-refractivity contribution is 5.94. The molecule has 0 amide bonds. The van der Waals surface area contributed by atoms with Crippen LogP contribution < -0.4 is 23.8 Å². The molecule has 0 N–H and O–H groups in total. The molecule has 0 unspecified atom stereocenters. The van der Waals surface area contributed by atoms with Gasteiger partial charge in [-0.15, -0.1) is 0 Å². The maximum Gasteiger partial charge on any atom is 0.160 e. The summed E-state index contributed by atoms with van der Waals surface area (Å²) in [7, 11) is 8.66. The fourth-order valence-corrected chi connectivity index (χ4v) is 3.44. The third-order valence-corrected chi connectivity index (χ3v) is 5.08. The van der Waals surface area contributed by atoms with Crippen LogP contribution in [0, 0.1) is 6.92 Å². The Kier molecular flexibility index (Phi) is 6.32. The number of likely N-dealkylation sites (N-methyl/N-ethyl adjacent to an activating group) is 1. The van der Waals surface area contributed by atoms with E-state index >= 15 is 0 Å². The quantitative estimate of drug-likeness (QED) is 0.567. The molecule has 0 radical (unpaired) electrons. The number of hydrogen-bond donors (Lipinski definition) is 0. The third-order valence-electron chi connectivity index (χ3n) is 5.08. The second kappa shape index (κ2) is 8.90. The molecule has 0 saturated carbocycles. The zero-order valence-electron chi connectivity index (χ0n) is 17.9. The molecule has 0 aliphatic heterocycles. The maximum absolute atomic E-state index is 5.53. The zero-order valence-corrected chi connectivity index (χ0v) is 17.9. The Labute approximate surface area is 172 Å². The Hall–Kier alpha value is -3.15.